The zero-order valence-corrected chi connectivity index (χ0v) is 19.1. The number of nitrogens with one attached hydrogen (secondary N) is 1. The molecule has 6 heteroatoms. The van der Waals surface area contributed by atoms with Crippen molar-refractivity contribution in [1.29, 1.82) is 0 Å². The molecule has 1 heterocycles. The molecule has 0 bridgehead atoms. The molecule has 172 valence electrons. The van der Waals surface area contributed by atoms with Gasteiger partial charge in [0.2, 0.25) is 0 Å². The number of methoxy groups -OCH3 is 1. The number of dihydropyridines is 1. The molecule has 0 unspecified atom stereocenters. The smallest absolute Gasteiger partial charge is 0.336 e. The van der Waals surface area contributed by atoms with Crippen LogP contribution < -0.4 is 10.1 Å². The van der Waals surface area contributed by atoms with Gasteiger partial charge < -0.3 is 14.8 Å². The first-order chi connectivity index (χ1) is 15.9. The maximum absolute atomic E-state index is 13.6. The van der Waals surface area contributed by atoms with Crippen LogP contribution in [0.2, 0.25) is 0 Å². The van der Waals surface area contributed by atoms with Crippen LogP contribution in [0.1, 0.15) is 56.1 Å². The van der Waals surface area contributed by atoms with Crippen molar-refractivity contribution in [3.8, 4) is 5.75 Å². The highest BCUT2D eigenvalue weighted by molar-refractivity contribution is 6.04. The van der Waals surface area contributed by atoms with Crippen molar-refractivity contribution < 1.29 is 23.5 Å². The van der Waals surface area contributed by atoms with Gasteiger partial charge in [0, 0.05) is 29.0 Å². The third kappa shape index (κ3) is 4.42. The van der Waals surface area contributed by atoms with Gasteiger partial charge in [-0.1, -0.05) is 37.3 Å². The minimum Gasteiger partial charge on any atom is -0.493 e. The number of benzene rings is 2. The van der Waals surface area contributed by atoms with Gasteiger partial charge in [0.05, 0.1) is 25.2 Å². The lowest BCUT2D eigenvalue weighted by Gasteiger charge is -2.37. The molecule has 2 aromatic carbocycles. The minimum absolute atomic E-state index is 0.0396. The summed E-state index contributed by atoms with van der Waals surface area (Å²) in [5.41, 5.74) is 4.13. The lowest BCUT2D eigenvalue weighted by molar-refractivity contribution is -0.136. The number of esters is 1. The summed E-state index contributed by atoms with van der Waals surface area (Å²) in [6, 6.07) is 13.8. The van der Waals surface area contributed by atoms with Crippen LogP contribution in [0.15, 0.2) is 71.1 Å². The zero-order valence-electron chi connectivity index (χ0n) is 19.1. The first-order valence-corrected chi connectivity index (χ1v) is 11.2. The molecule has 4 rings (SSSR count). The van der Waals surface area contributed by atoms with Crippen LogP contribution in [0, 0.1) is 5.82 Å². The third-order valence-corrected chi connectivity index (χ3v) is 6.27. The maximum Gasteiger partial charge on any atom is 0.336 e. The number of allylic oxidation sites excluding steroid dienone is 3. The Morgan fingerprint density at radius 2 is 1.85 bits per heavy atom. The largest absolute Gasteiger partial charge is 0.493 e. The molecule has 0 saturated heterocycles. The second-order valence-electron chi connectivity index (χ2n) is 8.45. The molecule has 0 aromatic heterocycles. The van der Waals surface area contributed by atoms with E-state index >= 15 is 0 Å². The third-order valence-electron chi connectivity index (χ3n) is 6.27. The van der Waals surface area contributed by atoms with E-state index in [2.05, 4.69) is 5.32 Å². The number of Topliss-reactive ketones (excluding diaryl/α,β-unsaturated/α-hetero) is 1. The standard InChI is InChI=1S/C27H28FNO4/c1-4-13-33-23-8-6-5-7-20(23)25-24(27(31)32-3)16(2)29-21-14-18(15-22(30)26(21)25)17-9-11-19(28)12-10-17/h5-12,18,25,29H,4,13-15H2,1-3H3/t18-,25-/m0/s1. The lowest BCUT2D eigenvalue weighted by Crippen LogP contribution is -2.36. The summed E-state index contributed by atoms with van der Waals surface area (Å²) in [6.45, 7) is 4.38. The van der Waals surface area contributed by atoms with Crippen LogP contribution in [0.3, 0.4) is 0 Å². The number of halogens is 1. The Morgan fingerprint density at radius 1 is 1.12 bits per heavy atom. The summed E-state index contributed by atoms with van der Waals surface area (Å²) < 4.78 is 24.5. The predicted octanol–water partition coefficient (Wildman–Crippen LogP) is 5.15. The first kappa shape index (κ1) is 22.8. The summed E-state index contributed by atoms with van der Waals surface area (Å²) in [6.07, 6.45) is 1.71. The Kier molecular flexibility index (Phi) is 6.63. The SMILES string of the molecule is CCCOc1ccccc1[C@H]1C(C(=O)OC)=C(C)NC2=C1C(=O)C[C@@H](c1ccc(F)cc1)C2. The molecular weight excluding hydrogens is 421 g/mol. The number of ketones is 1. The van der Waals surface area contributed by atoms with Crippen LogP contribution in [0.4, 0.5) is 4.39 Å². The highest BCUT2D eigenvalue weighted by Crippen LogP contribution is 2.47. The van der Waals surface area contributed by atoms with Gasteiger partial charge in [-0.05, 0) is 49.4 Å². The van der Waals surface area contributed by atoms with Gasteiger partial charge >= 0.3 is 5.97 Å². The van der Waals surface area contributed by atoms with Gasteiger partial charge in [0.25, 0.3) is 0 Å². The molecule has 5 nitrogen and oxygen atoms in total. The van der Waals surface area contributed by atoms with Crippen LogP contribution >= 0.6 is 0 Å². The quantitative estimate of drug-likeness (QED) is 0.618. The van der Waals surface area contributed by atoms with Crippen LogP contribution in [0.25, 0.3) is 0 Å². The van der Waals surface area contributed by atoms with Crippen molar-refractivity contribution in [3.05, 3.63) is 88.0 Å². The summed E-state index contributed by atoms with van der Waals surface area (Å²) in [5, 5.41) is 3.31. The van der Waals surface area contributed by atoms with Crippen LogP contribution in [-0.2, 0) is 14.3 Å². The van der Waals surface area contributed by atoms with Crippen molar-refractivity contribution in [2.24, 2.45) is 0 Å². The number of hydrogen-bond donors (Lipinski definition) is 1. The van der Waals surface area contributed by atoms with E-state index in [4.69, 9.17) is 9.47 Å². The van der Waals surface area contributed by atoms with E-state index in [0.717, 1.165) is 23.2 Å². The highest BCUT2D eigenvalue weighted by Gasteiger charge is 2.42. The number of carbonyl (C=O) groups excluding carboxylic acids is 2. The van der Waals surface area contributed by atoms with E-state index in [-0.39, 0.29) is 23.9 Å². The number of hydrogen-bond acceptors (Lipinski definition) is 5. The van der Waals surface area contributed by atoms with Crippen molar-refractivity contribution in [2.75, 3.05) is 13.7 Å². The molecule has 1 aliphatic heterocycles. The molecular formula is C27H28FNO4. The van der Waals surface area contributed by atoms with Crippen LogP contribution in [0.5, 0.6) is 5.75 Å². The number of ether oxygens (including phenoxy) is 2. The second-order valence-corrected chi connectivity index (χ2v) is 8.45. The van der Waals surface area contributed by atoms with E-state index in [1.54, 1.807) is 12.1 Å². The Bertz CT molecular complexity index is 1130. The van der Waals surface area contributed by atoms with Crippen molar-refractivity contribution in [1.82, 2.24) is 5.32 Å². The predicted molar refractivity (Wildman–Crippen MR) is 123 cm³/mol. The van der Waals surface area contributed by atoms with Gasteiger partial charge in [-0.2, -0.15) is 0 Å². The topological polar surface area (TPSA) is 64.6 Å². The van der Waals surface area contributed by atoms with E-state index in [1.165, 1.54) is 19.2 Å². The molecule has 0 spiro atoms. The van der Waals surface area contributed by atoms with Gasteiger partial charge in [-0.3, -0.25) is 4.79 Å². The average Bonchev–Trinajstić information content (AvgIpc) is 2.82. The van der Waals surface area contributed by atoms with Crippen molar-refractivity contribution in [3.63, 3.8) is 0 Å². The Balaban J connectivity index is 1.81. The molecule has 33 heavy (non-hydrogen) atoms. The molecule has 1 aliphatic carbocycles. The van der Waals surface area contributed by atoms with Gasteiger partial charge in [0.15, 0.2) is 5.78 Å². The zero-order chi connectivity index (χ0) is 23.5. The monoisotopic (exact) mass is 449 g/mol. The molecule has 2 aromatic rings. The Labute approximate surface area is 193 Å². The Morgan fingerprint density at radius 3 is 2.55 bits per heavy atom. The summed E-state index contributed by atoms with van der Waals surface area (Å²) >= 11 is 0. The molecule has 0 fully saturated rings. The summed E-state index contributed by atoms with van der Waals surface area (Å²) in [7, 11) is 1.34. The van der Waals surface area contributed by atoms with Crippen molar-refractivity contribution in [2.45, 2.75) is 44.9 Å². The maximum atomic E-state index is 13.6. The molecule has 2 atom stereocenters. The highest BCUT2D eigenvalue weighted by atomic mass is 19.1. The van der Waals surface area contributed by atoms with Gasteiger partial charge in [-0.15, -0.1) is 0 Å². The summed E-state index contributed by atoms with van der Waals surface area (Å²) in [4.78, 5) is 26.4. The fourth-order valence-electron chi connectivity index (χ4n) is 4.76. The van der Waals surface area contributed by atoms with Crippen LogP contribution in [-0.4, -0.2) is 25.5 Å². The Hall–Kier alpha value is -3.41. The fourth-order valence-corrected chi connectivity index (χ4v) is 4.76. The molecule has 0 saturated carbocycles. The lowest BCUT2D eigenvalue weighted by atomic mass is 9.71. The average molecular weight is 450 g/mol. The fraction of sp³-hybridized carbons (Fsp3) is 0.333. The molecule has 2 aliphatic rings. The van der Waals surface area contributed by atoms with E-state index < -0.39 is 11.9 Å². The van der Waals surface area contributed by atoms with Gasteiger partial charge in [0.1, 0.15) is 11.6 Å². The van der Waals surface area contributed by atoms with Gasteiger partial charge in [-0.25, -0.2) is 9.18 Å². The van der Waals surface area contributed by atoms with Crippen molar-refractivity contribution >= 4 is 11.8 Å². The molecule has 1 N–H and O–H groups in total. The minimum atomic E-state index is -0.580. The van der Waals surface area contributed by atoms with E-state index in [1.807, 2.05) is 38.1 Å². The normalized spacial score (nSPS) is 20.3. The first-order valence-electron chi connectivity index (χ1n) is 11.2. The van der Waals surface area contributed by atoms with E-state index in [0.29, 0.717) is 35.6 Å². The number of para-hydroxylation sites is 1. The number of rotatable bonds is 6. The second kappa shape index (κ2) is 9.61. The molecule has 0 amide bonds. The van der Waals surface area contributed by atoms with E-state index in [9.17, 15) is 14.0 Å². The summed E-state index contributed by atoms with van der Waals surface area (Å²) in [5.74, 6) is -0.812. The molecule has 0 radical (unpaired) electrons. The number of carbonyl (C=O) groups is 2.